The van der Waals surface area contributed by atoms with E-state index in [-0.39, 0.29) is 18.9 Å². The van der Waals surface area contributed by atoms with Gasteiger partial charge in [0.1, 0.15) is 0 Å². The van der Waals surface area contributed by atoms with Crippen molar-refractivity contribution < 1.29 is 13.2 Å². The number of nitrogens with zero attached hydrogens (tertiary/aromatic N) is 2. The number of amides is 1. The molecule has 0 aliphatic carbocycles. The van der Waals surface area contributed by atoms with Crippen molar-refractivity contribution >= 4 is 27.3 Å². The molecule has 1 saturated heterocycles. The molecule has 1 fully saturated rings. The fourth-order valence-corrected chi connectivity index (χ4v) is 4.19. The van der Waals surface area contributed by atoms with Crippen molar-refractivity contribution in [3.05, 3.63) is 24.3 Å². The molecule has 6 nitrogen and oxygen atoms in total. The molecule has 1 heterocycles. The highest BCUT2D eigenvalue weighted by Gasteiger charge is 2.19. The van der Waals surface area contributed by atoms with Gasteiger partial charge < -0.3 is 10.2 Å². The molecule has 1 aliphatic heterocycles. The van der Waals surface area contributed by atoms with Gasteiger partial charge in [-0.15, -0.1) is 0 Å². The fraction of sp³-hybridized carbons (Fsp3) is 0.650. The van der Waals surface area contributed by atoms with Gasteiger partial charge in [-0.1, -0.05) is 13.8 Å². The zero-order valence-corrected chi connectivity index (χ0v) is 17.6. The van der Waals surface area contributed by atoms with Crippen LogP contribution in [0.3, 0.4) is 0 Å². The molecule has 1 aromatic carbocycles. The summed E-state index contributed by atoms with van der Waals surface area (Å²) in [6, 6.07) is 7.62. The summed E-state index contributed by atoms with van der Waals surface area (Å²) in [4.78, 5) is 14.3. The third-order valence-corrected chi connectivity index (χ3v) is 6.04. The number of benzene rings is 1. The van der Waals surface area contributed by atoms with Gasteiger partial charge in [-0.25, -0.2) is 8.42 Å². The number of carbonyl (C=O) groups is 1. The molecule has 0 unspecified atom stereocenters. The van der Waals surface area contributed by atoms with Crippen LogP contribution in [0.2, 0.25) is 0 Å². The van der Waals surface area contributed by atoms with E-state index >= 15 is 0 Å². The van der Waals surface area contributed by atoms with E-state index in [2.05, 4.69) is 24.1 Å². The predicted octanol–water partition coefficient (Wildman–Crippen LogP) is 3.00. The molecular weight excluding hydrogens is 362 g/mol. The smallest absolute Gasteiger partial charge is 0.232 e. The van der Waals surface area contributed by atoms with E-state index in [9.17, 15) is 13.2 Å². The Balaban J connectivity index is 1.98. The molecule has 0 radical (unpaired) electrons. The molecule has 0 spiro atoms. The van der Waals surface area contributed by atoms with Crippen LogP contribution in [0, 0.1) is 5.92 Å². The lowest BCUT2D eigenvalue weighted by Crippen LogP contribution is -2.35. The summed E-state index contributed by atoms with van der Waals surface area (Å²) in [6.07, 6.45) is 5.92. The van der Waals surface area contributed by atoms with Crippen molar-refractivity contribution in [1.29, 1.82) is 0 Å². The van der Waals surface area contributed by atoms with Gasteiger partial charge in [0, 0.05) is 38.3 Å². The van der Waals surface area contributed by atoms with E-state index in [1.807, 2.05) is 24.3 Å². The fourth-order valence-electron chi connectivity index (χ4n) is 3.26. The van der Waals surface area contributed by atoms with Crippen LogP contribution < -0.4 is 14.5 Å². The number of nitrogens with one attached hydrogen (secondary N) is 1. The highest BCUT2D eigenvalue weighted by atomic mass is 32.2. The van der Waals surface area contributed by atoms with Crippen LogP contribution in [0.15, 0.2) is 24.3 Å². The number of piperidine rings is 1. The van der Waals surface area contributed by atoms with Gasteiger partial charge in [0.2, 0.25) is 15.9 Å². The van der Waals surface area contributed by atoms with E-state index in [1.54, 1.807) is 0 Å². The monoisotopic (exact) mass is 395 g/mol. The normalized spacial score (nSPS) is 15.0. The van der Waals surface area contributed by atoms with Crippen LogP contribution in [0.4, 0.5) is 11.4 Å². The second-order valence-electron chi connectivity index (χ2n) is 7.68. The van der Waals surface area contributed by atoms with Gasteiger partial charge in [0.25, 0.3) is 0 Å². The summed E-state index contributed by atoms with van der Waals surface area (Å²) in [6.45, 7) is 7.07. The van der Waals surface area contributed by atoms with Crippen LogP contribution in [0.25, 0.3) is 0 Å². The lowest BCUT2D eigenvalue weighted by molar-refractivity contribution is -0.120. The van der Waals surface area contributed by atoms with Crippen molar-refractivity contribution in [2.75, 3.05) is 41.6 Å². The van der Waals surface area contributed by atoms with Gasteiger partial charge in [-0.3, -0.25) is 9.10 Å². The maximum absolute atomic E-state index is 12.2. The minimum Gasteiger partial charge on any atom is -0.372 e. The first-order valence-electron chi connectivity index (χ1n) is 9.87. The second-order valence-corrected chi connectivity index (χ2v) is 9.59. The zero-order valence-electron chi connectivity index (χ0n) is 16.8. The topological polar surface area (TPSA) is 69.7 Å². The average molecular weight is 396 g/mol. The van der Waals surface area contributed by atoms with E-state index in [0.717, 1.165) is 25.2 Å². The largest absolute Gasteiger partial charge is 0.372 e. The van der Waals surface area contributed by atoms with Crippen LogP contribution in [0.5, 0.6) is 0 Å². The summed E-state index contributed by atoms with van der Waals surface area (Å²) in [7, 11) is -3.45. The molecule has 0 aromatic heterocycles. The molecule has 0 bridgehead atoms. The van der Waals surface area contributed by atoms with Crippen molar-refractivity contribution in [3.63, 3.8) is 0 Å². The Morgan fingerprint density at radius 1 is 1.15 bits per heavy atom. The highest BCUT2D eigenvalue weighted by Crippen LogP contribution is 2.25. The van der Waals surface area contributed by atoms with Crippen LogP contribution in [0.1, 0.15) is 46.0 Å². The third kappa shape index (κ3) is 7.05. The highest BCUT2D eigenvalue weighted by molar-refractivity contribution is 7.92. The molecule has 7 heteroatoms. The van der Waals surface area contributed by atoms with E-state index in [1.165, 1.54) is 29.8 Å². The Kier molecular flexibility index (Phi) is 7.95. The SMILES string of the molecule is CC(C)CCNC(=O)CCN(c1ccc(N2CCCCC2)cc1)S(C)(=O)=O. The van der Waals surface area contributed by atoms with Gasteiger partial charge in [0.05, 0.1) is 11.9 Å². The quantitative estimate of drug-likeness (QED) is 0.698. The van der Waals surface area contributed by atoms with Gasteiger partial charge in [-0.05, 0) is 55.9 Å². The number of carbonyl (C=O) groups excluding carboxylic acids is 1. The van der Waals surface area contributed by atoms with Crippen molar-refractivity contribution in [2.24, 2.45) is 5.92 Å². The molecule has 0 saturated carbocycles. The van der Waals surface area contributed by atoms with Gasteiger partial charge >= 0.3 is 0 Å². The Labute approximate surface area is 164 Å². The zero-order chi connectivity index (χ0) is 19.9. The number of sulfonamides is 1. The van der Waals surface area contributed by atoms with Crippen LogP contribution in [-0.2, 0) is 14.8 Å². The lowest BCUT2D eigenvalue weighted by Gasteiger charge is -2.29. The van der Waals surface area contributed by atoms with Crippen molar-refractivity contribution in [1.82, 2.24) is 5.32 Å². The van der Waals surface area contributed by atoms with E-state index in [4.69, 9.17) is 0 Å². The number of hydrogen-bond donors (Lipinski definition) is 1. The van der Waals surface area contributed by atoms with Crippen molar-refractivity contribution in [3.8, 4) is 0 Å². The number of anilines is 2. The molecule has 1 N–H and O–H groups in total. The Morgan fingerprint density at radius 3 is 2.33 bits per heavy atom. The molecule has 27 heavy (non-hydrogen) atoms. The Morgan fingerprint density at radius 2 is 1.78 bits per heavy atom. The first-order chi connectivity index (χ1) is 12.8. The van der Waals surface area contributed by atoms with E-state index in [0.29, 0.717) is 18.2 Å². The maximum atomic E-state index is 12.2. The number of rotatable bonds is 9. The molecule has 1 amide bonds. The Bertz CT molecular complexity index is 696. The molecule has 2 rings (SSSR count). The molecular formula is C20H33N3O3S. The van der Waals surface area contributed by atoms with Crippen LogP contribution in [-0.4, -0.2) is 46.8 Å². The van der Waals surface area contributed by atoms with E-state index < -0.39 is 10.0 Å². The minimum absolute atomic E-state index is 0.116. The molecule has 1 aromatic rings. The first-order valence-corrected chi connectivity index (χ1v) is 11.7. The maximum Gasteiger partial charge on any atom is 0.232 e. The summed E-state index contributed by atoms with van der Waals surface area (Å²) >= 11 is 0. The van der Waals surface area contributed by atoms with Crippen LogP contribution >= 0.6 is 0 Å². The van der Waals surface area contributed by atoms with Gasteiger partial charge in [-0.2, -0.15) is 0 Å². The summed E-state index contributed by atoms with van der Waals surface area (Å²) in [5.74, 6) is 0.408. The predicted molar refractivity (Wildman–Crippen MR) is 112 cm³/mol. The average Bonchev–Trinajstić information content (AvgIpc) is 2.62. The minimum atomic E-state index is -3.45. The summed E-state index contributed by atoms with van der Waals surface area (Å²) in [5.41, 5.74) is 1.73. The summed E-state index contributed by atoms with van der Waals surface area (Å²) in [5, 5.41) is 2.86. The summed E-state index contributed by atoms with van der Waals surface area (Å²) < 4.78 is 25.8. The number of hydrogen-bond acceptors (Lipinski definition) is 4. The molecule has 152 valence electrons. The second kappa shape index (κ2) is 9.97. The van der Waals surface area contributed by atoms with Crippen molar-refractivity contribution in [2.45, 2.75) is 46.0 Å². The molecule has 0 atom stereocenters. The Hall–Kier alpha value is -1.76. The third-order valence-electron chi connectivity index (χ3n) is 4.85. The molecule has 1 aliphatic rings. The standard InChI is InChI=1S/C20H33N3O3S/c1-17(2)11-13-21-20(24)12-16-23(27(3,25)26)19-9-7-18(8-10-19)22-14-5-4-6-15-22/h7-10,17H,4-6,11-16H2,1-3H3,(H,21,24). The lowest BCUT2D eigenvalue weighted by atomic mass is 10.1. The first kappa shape index (κ1) is 21.5. The van der Waals surface area contributed by atoms with Gasteiger partial charge in [0.15, 0.2) is 0 Å².